The number of aromatic carboxylic acids is 1. The Hall–Kier alpha value is -2.87. The molecule has 0 bridgehead atoms. The van der Waals surface area contributed by atoms with Crippen LogP contribution in [-0.4, -0.2) is 39.5 Å². The molecule has 8 heteroatoms. The van der Waals surface area contributed by atoms with E-state index >= 15 is 0 Å². The van der Waals surface area contributed by atoms with Crippen molar-refractivity contribution in [1.82, 2.24) is 9.38 Å². The lowest BCUT2D eigenvalue weighted by Crippen LogP contribution is -2.38. The predicted octanol–water partition coefficient (Wildman–Crippen LogP) is 3.38. The molecule has 0 spiro atoms. The summed E-state index contributed by atoms with van der Waals surface area (Å²) in [6.07, 6.45) is 0.755. The van der Waals surface area contributed by atoms with E-state index in [-0.39, 0.29) is 18.2 Å². The topological polar surface area (TPSA) is 84.1 Å². The van der Waals surface area contributed by atoms with Crippen LogP contribution in [0.2, 0.25) is 0 Å². The van der Waals surface area contributed by atoms with Crippen LogP contribution < -0.4 is 9.64 Å². The van der Waals surface area contributed by atoms with Crippen molar-refractivity contribution in [2.24, 2.45) is 0 Å². The maximum atomic E-state index is 12.2. The van der Waals surface area contributed by atoms with E-state index in [1.54, 1.807) is 16.2 Å². The van der Waals surface area contributed by atoms with Crippen molar-refractivity contribution in [2.45, 2.75) is 27.2 Å². The molecule has 2 aromatic heterocycles. The van der Waals surface area contributed by atoms with Crippen LogP contribution in [0.4, 0.5) is 5.69 Å². The summed E-state index contributed by atoms with van der Waals surface area (Å²) in [6, 6.07) is 5.65. The lowest BCUT2D eigenvalue weighted by atomic mass is 10.1. The van der Waals surface area contributed by atoms with Gasteiger partial charge in [-0.25, -0.2) is 9.78 Å². The van der Waals surface area contributed by atoms with Gasteiger partial charge in [0.15, 0.2) is 17.3 Å². The lowest BCUT2D eigenvalue weighted by molar-refractivity contribution is -0.121. The molecule has 0 saturated carbocycles. The van der Waals surface area contributed by atoms with E-state index in [9.17, 15) is 14.7 Å². The Bertz CT molecular complexity index is 1080. The molecule has 1 N–H and O–H groups in total. The molecule has 140 valence electrons. The molecule has 7 nitrogen and oxygen atoms in total. The zero-order valence-electron chi connectivity index (χ0n) is 15.3. The molecule has 27 heavy (non-hydrogen) atoms. The zero-order chi connectivity index (χ0) is 19.3. The smallest absolute Gasteiger partial charge is 0.354 e. The van der Waals surface area contributed by atoms with E-state index in [4.69, 9.17) is 4.74 Å². The number of ether oxygens (including phenoxy) is 1. The fraction of sp³-hybridized carbons (Fsp3) is 0.316. The lowest BCUT2D eigenvalue weighted by Gasteiger charge is -2.28. The van der Waals surface area contributed by atoms with Crippen LogP contribution in [0.15, 0.2) is 18.2 Å². The third-order valence-corrected chi connectivity index (χ3v) is 5.92. The number of carboxylic acid groups (broad SMARTS) is 1. The van der Waals surface area contributed by atoms with Gasteiger partial charge in [-0.1, -0.05) is 6.92 Å². The number of carboxylic acids is 1. The van der Waals surface area contributed by atoms with Gasteiger partial charge in [0, 0.05) is 17.0 Å². The summed E-state index contributed by atoms with van der Waals surface area (Å²) in [7, 11) is 0. The van der Waals surface area contributed by atoms with E-state index in [0.717, 1.165) is 22.6 Å². The summed E-state index contributed by atoms with van der Waals surface area (Å²) in [5.41, 5.74) is 3.03. The number of thiazole rings is 1. The SMILES string of the molecule is CCc1sc2nc(C)c(C(=O)O)n2c1-c1ccc2c(c1)N(CC)C(=O)CO2. The second kappa shape index (κ2) is 6.38. The highest BCUT2D eigenvalue weighted by molar-refractivity contribution is 7.17. The quantitative estimate of drug-likeness (QED) is 0.744. The number of anilines is 1. The molecule has 0 radical (unpaired) electrons. The zero-order valence-corrected chi connectivity index (χ0v) is 16.1. The number of carbonyl (C=O) groups excluding carboxylic acids is 1. The van der Waals surface area contributed by atoms with Gasteiger partial charge in [-0.2, -0.15) is 0 Å². The normalized spacial score (nSPS) is 13.7. The third-order valence-electron chi connectivity index (χ3n) is 4.74. The fourth-order valence-electron chi connectivity index (χ4n) is 3.54. The van der Waals surface area contributed by atoms with Gasteiger partial charge in [0.1, 0.15) is 5.75 Å². The molecule has 3 aromatic rings. The molecule has 0 saturated heterocycles. The summed E-state index contributed by atoms with van der Waals surface area (Å²) < 4.78 is 7.26. The highest BCUT2D eigenvalue weighted by Crippen LogP contribution is 2.40. The Morgan fingerprint density at radius 3 is 2.81 bits per heavy atom. The first-order valence-electron chi connectivity index (χ1n) is 8.77. The summed E-state index contributed by atoms with van der Waals surface area (Å²) >= 11 is 1.49. The molecule has 1 aromatic carbocycles. The molecule has 0 aliphatic carbocycles. The number of aromatic nitrogens is 2. The van der Waals surface area contributed by atoms with Gasteiger partial charge in [0.25, 0.3) is 5.91 Å². The van der Waals surface area contributed by atoms with Gasteiger partial charge in [-0.05, 0) is 38.5 Å². The maximum Gasteiger partial charge on any atom is 0.354 e. The molecule has 0 atom stereocenters. The van der Waals surface area contributed by atoms with Gasteiger partial charge in [0.05, 0.1) is 17.1 Å². The number of nitrogens with zero attached hydrogens (tertiary/aromatic N) is 3. The van der Waals surface area contributed by atoms with Crippen LogP contribution in [0.5, 0.6) is 5.75 Å². The molecular weight excluding hydrogens is 366 g/mol. The number of imidazole rings is 1. The summed E-state index contributed by atoms with van der Waals surface area (Å²) in [5, 5.41) is 9.68. The van der Waals surface area contributed by atoms with Crippen LogP contribution in [0.1, 0.15) is 34.9 Å². The highest BCUT2D eigenvalue weighted by atomic mass is 32.1. The fourth-order valence-corrected chi connectivity index (χ4v) is 4.67. The molecular formula is C19H19N3O4S. The second-order valence-corrected chi connectivity index (χ2v) is 7.37. The molecule has 1 aliphatic rings. The molecule has 1 amide bonds. The van der Waals surface area contributed by atoms with E-state index in [2.05, 4.69) is 4.98 Å². The first-order valence-corrected chi connectivity index (χ1v) is 9.59. The molecule has 0 unspecified atom stereocenters. The summed E-state index contributed by atoms with van der Waals surface area (Å²) in [5.74, 6) is -0.434. The number of rotatable bonds is 4. The minimum atomic E-state index is -1.01. The Morgan fingerprint density at radius 2 is 2.15 bits per heavy atom. The van der Waals surface area contributed by atoms with Crippen LogP contribution >= 0.6 is 11.3 Å². The van der Waals surface area contributed by atoms with Crippen LogP contribution in [-0.2, 0) is 11.2 Å². The van der Waals surface area contributed by atoms with Crippen molar-refractivity contribution in [1.29, 1.82) is 0 Å². The van der Waals surface area contributed by atoms with Crippen molar-refractivity contribution in [2.75, 3.05) is 18.1 Å². The average Bonchev–Trinajstić information content (AvgIpc) is 3.14. The second-order valence-electron chi connectivity index (χ2n) is 6.31. The summed E-state index contributed by atoms with van der Waals surface area (Å²) in [6.45, 7) is 6.24. The van der Waals surface area contributed by atoms with Crippen LogP contribution in [0.25, 0.3) is 16.2 Å². The Labute approximate surface area is 159 Å². The minimum absolute atomic E-state index is 0.0347. The number of fused-ring (bicyclic) bond motifs is 2. The van der Waals surface area contributed by atoms with Gasteiger partial charge in [-0.15, -0.1) is 11.3 Å². The molecule has 4 rings (SSSR count). The molecule has 1 aliphatic heterocycles. The Morgan fingerprint density at radius 1 is 1.37 bits per heavy atom. The number of benzene rings is 1. The van der Waals surface area contributed by atoms with Gasteiger partial charge >= 0.3 is 5.97 Å². The van der Waals surface area contributed by atoms with E-state index < -0.39 is 5.97 Å². The number of likely N-dealkylation sites (N-methyl/N-ethyl adjacent to an activating group) is 1. The van der Waals surface area contributed by atoms with Gasteiger partial charge in [0.2, 0.25) is 0 Å². The Balaban J connectivity index is 1.99. The monoisotopic (exact) mass is 385 g/mol. The van der Waals surface area contributed by atoms with Crippen LogP contribution in [0.3, 0.4) is 0 Å². The predicted molar refractivity (Wildman–Crippen MR) is 103 cm³/mol. The number of carbonyl (C=O) groups is 2. The van der Waals surface area contributed by atoms with Crippen molar-refractivity contribution in [3.05, 3.63) is 34.5 Å². The van der Waals surface area contributed by atoms with Crippen molar-refractivity contribution >= 4 is 33.9 Å². The summed E-state index contributed by atoms with van der Waals surface area (Å²) in [4.78, 5) is 31.8. The first kappa shape index (κ1) is 17.5. The van der Waals surface area contributed by atoms with E-state index in [1.165, 1.54) is 11.3 Å². The van der Waals surface area contributed by atoms with Crippen molar-refractivity contribution < 1.29 is 19.4 Å². The van der Waals surface area contributed by atoms with Crippen molar-refractivity contribution in [3.8, 4) is 17.0 Å². The van der Waals surface area contributed by atoms with E-state index in [0.29, 0.717) is 28.6 Å². The Kier molecular flexibility index (Phi) is 4.15. The van der Waals surface area contributed by atoms with Gasteiger partial charge in [-0.3, -0.25) is 9.20 Å². The number of hydrogen-bond donors (Lipinski definition) is 1. The van der Waals surface area contributed by atoms with Gasteiger partial charge < -0.3 is 14.7 Å². The largest absolute Gasteiger partial charge is 0.482 e. The van der Waals surface area contributed by atoms with E-state index in [1.807, 2.05) is 32.0 Å². The van der Waals surface area contributed by atoms with Crippen molar-refractivity contribution in [3.63, 3.8) is 0 Å². The highest BCUT2D eigenvalue weighted by Gasteiger charge is 2.27. The molecule has 3 heterocycles. The average molecular weight is 385 g/mol. The number of amides is 1. The molecule has 0 fully saturated rings. The third kappa shape index (κ3) is 2.59. The maximum absolute atomic E-state index is 12.2. The number of aryl methyl sites for hydroxylation is 2. The first-order chi connectivity index (χ1) is 13.0. The van der Waals surface area contributed by atoms with Crippen LogP contribution in [0, 0.1) is 6.92 Å². The minimum Gasteiger partial charge on any atom is -0.482 e. The number of hydrogen-bond acceptors (Lipinski definition) is 5. The standard InChI is InChI=1S/C19H19N3O4S/c1-4-14-17(22-16(18(24)25)10(3)20-19(22)27-14)11-6-7-13-12(8-11)21(5-2)15(23)9-26-13/h6-8H,4-5,9H2,1-3H3,(H,24,25).